The topological polar surface area (TPSA) is 95.7 Å². The van der Waals surface area contributed by atoms with Gasteiger partial charge in [0, 0.05) is 11.4 Å². The van der Waals surface area contributed by atoms with E-state index in [1.807, 2.05) is 13.0 Å². The van der Waals surface area contributed by atoms with Gasteiger partial charge in [-0.1, -0.05) is 6.07 Å². The maximum Gasteiger partial charge on any atom is 0.317 e. The highest BCUT2D eigenvalue weighted by atomic mass is 16.4. The summed E-state index contributed by atoms with van der Waals surface area (Å²) in [6.07, 6.45) is 0. The number of nitrogens with two attached hydrogens (primary N) is 1. The van der Waals surface area contributed by atoms with Gasteiger partial charge in [-0.2, -0.15) is 0 Å². The second-order valence-electron chi connectivity index (χ2n) is 4.19. The molecule has 0 bridgehead atoms. The van der Waals surface area contributed by atoms with Crippen molar-refractivity contribution in [2.24, 2.45) is 0 Å². The number of aryl methyl sites for hydroxylation is 1. The monoisotopic (exact) mass is 251 g/mol. The van der Waals surface area contributed by atoms with E-state index < -0.39 is 5.97 Å². The molecule has 0 unspecified atom stereocenters. The summed E-state index contributed by atoms with van der Waals surface area (Å²) in [6.45, 7) is 1.71. The molecule has 1 amide bonds. The number of aliphatic carboxylic acids is 1. The Labute approximate surface area is 105 Å². The second kappa shape index (κ2) is 6.02. The van der Waals surface area contributed by atoms with Crippen molar-refractivity contribution in [3.8, 4) is 0 Å². The van der Waals surface area contributed by atoms with Crippen molar-refractivity contribution in [1.29, 1.82) is 0 Å². The van der Waals surface area contributed by atoms with Crippen LogP contribution in [0.15, 0.2) is 18.2 Å². The predicted molar refractivity (Wildman–Crippen MR) is 69.4 cm³/mol. The molecule has 0 fully saturated rings. The quantitative estimate of drug-likeness (QED) is 0.663. The summed E-state index contributed by atoms with van der Waals surface area (Å²) in [6, 6.07) is 5.23. The Bertz CT molecular complexity index is 460. The van der Waals surface area contributed by atoms with E-state index in [-0.39, 0.29) is 19.0 Å². The largest absolute Gasteiger partial charge is 0.480 e. The number of nitrogen functional groups attached to an aromatic ring is 1. The van der Waals surface area contributed by atoms with Gasteiger partial charge in [-0.3, -0.25) is 14.5 Å². The first-order valence-electron chi connectivity index (χ1n) is 5.45. The molecule has 1 rings (SSSR count). The highest BCUT2D eigenvalue weighted by molar-refractivity contribution is 5.93. The third-order valence-electron chi connectivity index (χ3n) is 2.38. The number of hydrogen-bond donors (Lipinski definition) is 3. The van der Waals surface area contributed by atoms with E-state index in [9.17, 15) is 9.59 Å². The summed E-state index contributed by atoms with van der Waals surface area (Å²) in [5.74, 6) is -1.24. The molecular weight excluding hydrogens is 234 g/mol. The predicted octanol–water partition coefficient (Wildman–Crippen LogP) is 0.532. The van der Waals surface area contributed by atoms with Crippen LogP contribution in [-0.2, 0) is 9.59 Å². The lowest BCUT2D eigenvalue weighted by Gasteiger charge is -2.14. The summed E-state index contributed by atoms with van der Waals surface area (Å²) in [5.41, 5.74) is 7.87. The molecule has 0 aliphatic heterocycles. The van der Waals surface area contributed by atoms with Crippen molar-refractivity contribution >= 4 is 23.3 Å². The maximum absolute atomic E-state index is 11.6. The molecule has 18 heavy (non-hydrogen) atoms. The number of carboxylic acids is 1. The molecule has 0 heterocycles. The van der Waals surface area contributed by atoms with Crippen molar-refractivity contribution in [2.45, 2.75) is 6.92 Å². The number of carbonyl (C=O) groups excluding carboxylic acids is 1. The van der Waals surface area contributed by atoms with E-state index in [0.717, 1.165) is 5.56 Å². The van der Waals surface area contributed by atoms with Crippen molar-refractivity contribution in [2.75, 3.05) is 31.2 Å². The Morgan fingerprint density at radius 2 is 2.06 bits per heavy atom. The number of carboxylic acid groups (broad SMARTS) is 1. The number of anilines is 2. The molecule has 6 heteroatoms. The van der Waals surface area contributed by atoms with Crippen LogP contribution in [0.1, 0.15) is 5.56 Å². The zero-order valence-corrected chi connectivity index (χ0v) is 10.4. The fourth-order valence-corrected chi connectivity index (χ4v) is 1.45. The standard InChI is InChI=1S/C12H17N3O3/c1-8-3-4-9(5-10(8)13)14-11(16)6-15(2)7-12(17)18/h3-5H,6-7,13H2,1-2H3,(H,14,16)(H,17,18). The molecule has 0 radical (unpaired) electrons. The van der Waals surface area contributed by atoms with Gasteiger partial charge in [0.2, 0.25) is 5.91 Å². The lowest BCUT2D eigenvalue weighted by molar-refractivity contribution is -0.138. The second-order valence-corrected chi connectivity index (χ2v) is 4.19. The molecular formula is C12H17N3O3. The summed E-state index contributed by atoms with van der Waals surface area (Å²) < 4.78 is 0. The van der Waals surface area contributed by atoms with Gasteiger partial charge >= 0.3 is 5.97 Å². The summed E-state index contributed by atoms with van der Waals surface area (Å²) in [5, 5.41) is 11.2. The third-order valence-corrected chi connectivity index (χ3v) is 2.38. The molecule has 1 aromatic rings. The smallest absolute Gasteiger partial charge is 0.317 e. The van der Waals surface area contributed by atoms with Gasteiger partial charge in [-0.05, 0) is 31.7 Å². The highest BCUT2D eigenvalue weighted by Gasteiger charge is 2.10. The summed E-state index contributed by atoms with van der Waals surface area (Å²) >= 11 is 0. The van der Waals surface area contributed by atoms with E-state index in [4.69, 9.17) is 10.8 Å². The first-order chi connectivity index (χ1) is 8.38. The molecule has 0 aromatic heterocycles. The first kappa shape index (κ1) is 14.0. The first-order valence-corrected chi connectivity index (χ1v) is 5.45. The molecule has 98 valence electrons. The van der Waals surface area contributed by atoms with Crippen molar-refractivity contribution in [1.82, 2.24) is 4.90 Å². The maximum atomic E-state index is 11.6. The molecule has 0 saturated heterocycles. The molecule has 0 aliphatic rings. The van der Waals surface area contributed by atoms with E-state index in [0.29, 0.717) is 11.4 Å². The number of carbonyl (C=O) groups is 2. The Morgan fingerprint density at radius 1 is 1.39 bits per heavy atom. The van der Waals surface area contributed by atoms with Gasteiger partial charge in [-0.15, -0.1) is 0 Å². The average molecular weight is 251 g/mol. The van der Waals surface area contributed by atoms with Crippen LogP contribution in [-0.4, -0.2) is 42.0 Å². The Morgan fingerprint density at radius 3 is 2.61 bits per heavy atom. The highest BCUT2D eigenvalue weighted by Crippen LogP contribution is 2.16. The number of rotatable bonds is 5. The van der Waals surface area contributed by atoms with Crippen LogP contribution in [0.25, 0.3) is 0 Å². The van der Waals surface area contributed by atoms with E-state index >= 15 is 0 Å². The van der Waals surface area contributed by atoms with E-state index in [2.05, 4.69) is 5.32 Å². The molecule has 4 N–H and O–H groups in total. The molecule has 0 saturated carbocycles. The third kappa shape index (κ3) is 4.42. The normalized spacial score (nSPS) is 10.4. The van der Waals surface area contributed by atoms with Gasteiger partial charge in [-0.25, -0.2) is 0 Å². The van der Waals surface area contributed by atoms with Gasteiger partial charge in [0.25, 0.3) is 0 Å². The van der Waals surface area contributed by atoms with Gasteiger partial charge in [0.15, 0.2) is 0 Å². The average Bonchev–Trinajstić information content (AvgIpc) is 2.21. The zero-order valence-electron chi connectivity index (χ0n) is 10.4. The van der Waals surface area contributed by atoms with Crippen LogP contribution >= 0.6 is 0 Å². The summed E-state index contributed by atoms with van der Waals surface area (Å²) in [4.78, 5) is 23.5. The fraction of sp³-hybridized carbons (Fsp3) is 0.333. The minimum absolute atomic E-state index is 0.0140. The van der Waals surface area contributed by atoms with E-state index in [1.165, 1.54) is 4.90 Å². The van der Waals surface area contributed by atoms with Crippen LogP contribution in [0.4, 0.5) is 11.4 Å². The van der Waals surface area contributed by atoms with Gasteiger partial charge < -0.3 is 16.2 Å². The van der Waals surface area contributed by atoms with E-state index in [1.54, 1.807) is 19.2 Å². The van der Waals surface area contributed by atoms with Crippen LogP contribution in [0, 0.1) is 6.92 Å². The van der Waals surface area contributed by atoms with Gasteiger partial charge in [0.1, 0.15) is 0 Å². The van der Waals surface area contributed by atoms with Crippen LogP contribution < -0.4 is 11.1 Å². The lowest BCUT2D eigenvalue weighted by Crippen LogP contribution is -2.33. The molecule has 6 nitrogen and oxygen atoms in total. The Hall–Kier alpha value is -2.08. The molecule has 0 aliphatic carbocycles. The minimum atomic E-state index is -0.968. The van der Waals surface area contributed by atoms with Crippen molar-refractivity contribution in [3.05, 3.63) is 23.8 Å². The van der Waals surface area contributed by atoms with Crippen LogP contribution in [0.3, 0.4) is 0 Å². The van der Waals surface area contributed by atoms with Crippen molar-refractivity contribution in [3.63, 3.8) is 0 Å². The number of hydrogen-bond acceptors (Lipinski definition) is 4. The van der Waals surface area contributed by atoms with Gasteiger partial charge in [0.05, 0.1) is 13.1 Å². The summed E-state index contributed by atoms with van der Waals surface area (Å²) in [7, 11) is 1.57. The number of benzene rings is 1. The lowest BCUT2D eigenvalue weighted by atomic mass is 10.2. The fourth-order valence-electron chi connectivity index (χ4n) is 1.45. The molecule has 1 aromatic carbocycles. The van der Waals surface area contributed by atoms with Crippen LogP contribution in [0.5, 0.6) is 0 Å². The molecule has 0 spiro atoms. The van der Waals surface area contributed by atoms with Crippen LogP contribution in [0.2, 0.25) is 0 Å². The number of amides is 1. The zero-order chi connectivity index (χ0) is 13.7. The number of nitrogens with zero attached hydrogens (tertiary/aromatic N) is 1. The number of nitrogens with one attached hydrogen (secondary N) is 1. The van der Waals surface area contributed by atoms with Crippen molar-refractivity contribution < 1.29 is 14.7 Å². The number of likely N-dealkylation sites (N-methyl/N-ethyl adjacent to an activating group) is 1. The minimum Gasteiger partial charge on any atom is -0.480 e. The molecule has 0 atom stereocenters. The SMILES string of the molecule is Cc1ccc(NC(=O)CN(C)CC(=O)O)cc1N. The Kier molecular flexibility index (Phi) is 4.67. The Balaban J connectivity index is 2.54.